The summed E-state index contributed by atoms with van der Waals surface area (Å²) in [7, 11) is -0.854. The van der Waals surface area contributed by atoms with E-state index in [-0.39, 0.29) is 27.7 Å². The van der Waals surface area contributed by atoms with Crippen LogP contribution >= 0.6 is 0 Å². The van der Waals surface area contributed by atoms with Gasteiger partial charge in [-0.15, -0.1) is 10.2 Å². The maximum Gasteiger partial charge on any atom is 0.242 e. The molecule has 120 valence electrons. The third-order valence-electron chi connectivity index (χ3n) is 2.83. The Morgan fingerprint density at radius 3 is 2.74 bits per heavy atom. The minimum atomic E-state index is -3.64. The Labute approximate surface area is 132 Å². The third-order valence-corrected chi connectivity index (χ3v) is 4.64. The van der Waals surface area contributed by atoms with E-state index < -0.39 is 10.0 Å². The molecule has 0 aliphatic heterocycles. The first kappa shape index (κ1) is 16.4. The van der Waals surface area contributed by atoms with Crippen molar-refractivity contribution in [2.45, 2.75) is 4.90 Å². The molecule has 1 aromatic carbocycles. The smallest absolute Gasteiger partial charge is 0.242 e. The van der Waals surface area contributed by atoms with Gasteiger partial charge in [-0.05, 0) is 17.3 Å². The standard InChI is InChI=1S/C12H13N7O3S/c1-19(2)23(21,22)9-3-4-10(11(20)5-9)14-7-8(6-13)12-15-17-18-16-12/h3-5,7,14,20H,1-2H3,(H,15,16,17,18). The number of sulfonamides is 1. The molecule has 10 nitrogen and oxygen atoms in total. The van der Waals surface area contributed by atoms with Gasteiger partial charge in [0.2, 0.25) is 15.8 Å². The molecule has 0 bridgehead atoms. The lowest BCUT2D eigenvalue weighted by atomic mass is 10.2. The topological polar surface area (TPSA) is 148 Å². The highest BCUT2D eigenvalue weighted by molar-refractivity contribution is 7.89. The molecule has 0 spiro atoms. The lowest BCUT2D eigenvalue weighted by Crippen LogP contribution is -2.22. The SMILES string of the molecule is CN(C)S(=O)(=O)c1ccc(NC=C(C#N)c2nn[nH]n2)c(O)c1. The number of phenolic OH excluding ortho intramolecular Hbond substituents is 1. The molecule has 0 aliphatic rings. The van der Waals surface area contributed by atoms with Gasteiger partial charge in [0.05, 0.1) is 10.6 Å². The first-order valence-corrected chi connectivity index (χ1v) is 7.66. The van der Waals surface area contributed by atoms with Crippen molar-refractivity contribution >= 4 is 21.3 Å². The Morgan fingerprint density at radius 1 is 1.48 bits per heavy atom. The molecule has 3 N–H and O–H groups in total. The lowest BCUT2D eigenvalue weighted by Gasteiger charge is -2.12. The number of hydrogen-bond acceptors (Lipinski definition) is 8. The van der Waals surface area contributed by atoms with Gasteiger partial charge in [-0.2, -0.15) is 10.5 Å². The molecule has 2 aromatic rings. The van der Waals surface area contributed by atoms with Crippen LogP contribution in [0.15, 0.2) is 29.3 Å². The summed E-state index contributed by atoms with van der Waals surface area (Å²) in [5.41, 5.74) is 0.307. The number of nitrogens with zero attached hydrogens (tertiary/aromatic N) is 5. The predicted octanol–water partition coefficient (Wildman–Crippen LogP) is 0.132. The van der Waals surface area contributed by atoms with Crippen LogP contribution in [0.25, 0.3) is 5.57 Å². The van der Waals surface area contributed by atoms with E-state index >= 15 is 0 Å². The fraction of sp³-hybridized carbons (Fsp3) is 0.167. The number of hydrogen-bond donors (Lipinski definition) is 3. The molecular formula is C12H13N7O3S. The zero-order chi connectivity index (χ0) is 17.0. The zero-order valence-corrected chi connectivity index (χ0v) is 13.0. The van der Waals surface area contributed by atoms with Gasteiger partial charge < -0.3 is 10.4 Å². The Morgan fingerprint density at radius 2 is 2.22 bits per heavy atom. The molecule has 0 unspecified atom stereocenters. The summed E-state index contributed by atoms with van der Waals surface area (Å²) < 4.78 is 25.0. The monoisotopic (exact) mass is 335 g/mol. The number of nitriles is 1. The second kappa shape index (κ2) is 6.42. The summed E-state index contributed by atoms with van der Waals surface area (Å²) >= 11 is 0. The molecule has 2 rings (SSSR count). The molecule has 11 heteroatoms. The number of benzene rings is 1. The number of anilines is 1. The van der Waals surface area contributed by atoms with Crippen molar-refractivity contribution < 1.29 is 13.5 Å². The minimum Gasteiger partial charge on any atom is -0.506 e. The highest BCUT2D eigenvalue weighted by Crippen LogP contribution is 2.27. The largest absolute Gasteiger partial charge is 0.506 e. The summed E-state index contributed by atoms with van der Waals surface area (Å²) in [6, 6.07) is 5.71. The van der Waals surface area contributed by atoms with Gasteiger partial charge in [0.1, 0.15) is 17.4 Å². The summed E-state index contributed by atoms with van der Waals surface area (Å²) in [5.74, 6) is -0.194. The number of tetrazole rings is 1. The fourth-order valence-corrected chi connectivity index (χ4v) is 2.50. The molecule has 0 atom stereocenters. The molecule has 0 fully saturated rings. The van der Waals surface area contributed by atoms with Crippen LogP contribution in [-0.4, -0.2) is 52.5 Å². The Hall–Kier alpha value is -2.97. The number of rotatable bonds is 5. The number of aromatic nitrogens is 4. The van der Waals surface area contributed by atoms with Gasteiger partial charge in [-0.25, -0.2) is 12.7 Å². The van der Waals surface area contributed by atoms with Crippen LogP contribution in [-0.2, 0) is 10.0 Å². The molecule has 0 amide bonds. The van der Waals surface area contributed by atoms with E-state index in [1.165, 1.54) is 32.4 Å². The highest BCUT2D eigenvalue weighted by atomic mass is 32.2. The summed E-state index contributed by atoms with van der Waals surface area (Å²) in [4.78, 5) is -0.0480. The molecule has 0 saturated heterocycles. The number of aromatic hydroxyl groups is 1. The van der Waals surface area contributed by atoms with Crippen LogP contribution in [0, 0.1) is 11.3 Å². The second-order valence-electron chi connectivity index (χ2n) is 4.52. The van der Waals surface area contributed by atoms with Crippen molar-refractivity contribution in [1.29, 1.82) is 5.26 Å². The quantitative estimate of drug-likeness (QED) is 0.516. The van der Waals surface area contributed by atoms with Crippen LogP contribution in [0.2, 0.25) is 0 Å². The predicted molar refractivity (Wildman–Crippen MR) is 80.4 cm³/mol. The zero-order valence-electron chi connectivity index (χ0n) is 12.2. The molecule has 0 radical (unpaired) electrons. The number of aromatic amines is 1. The number of H-pyrrole nitrogens is 1. The van der Waals surface area contributed by atoms with E-state index in [1.54, 1.807) is 0 Å². The first-order chi connectivity index (χ1) is 10.9. The van der Waals surface area contributed by atoms with Gasteiger partial charge in [-0.3, -0.25) is 0 Å². The Kier molecular flexibility index (Phi) is 4.58. The van der Waals surface area contributed by atoms with E-state index in [2.05, 4.69) is 25.9 Å². The van der Waals surface area contributed by atoms with Crippen molar-refractivity contribution in [2.24, 2.45) is 0 Å². The van der Waals surface area contributed by atoms with Crippen LogP contribution in [0.5, 0.6) is 5.75 Å². The van der Waals surface area contributed by atoms with Crippen LogP contribution in [0.1, 0.15) is 5.82 Å². The average Bonchev–Trinajstić information content (AvgIpc) is 3.03. The Balaban J connectivity index is 2.28. The average molecular weight is 335 g/mol. The number of allylic oxidation sites excluding steroid dienone is 1. The van der Waals surface area contributed by atoms with Gasteiger partial charge in [-0.1, -0.05) is 0 Å². The van der Waals surface area contributed by atoms with Crippen LogP contribution in [0.3, 0.4) is 0 Å². The molecule has 23 heavy (non-hydrogen) atoms. The van der Waals surface area contributed by atoms with Crippen molar-refractivity contribution in [2.75, 3.05) is 19.4 Å². The van der Waals surface area contributed by atoms with E-state index in [0.717, 1.165) is 10.4 Å². The molecule has 1 aromatic heterocycles. The van der Waals surface area contributed by atoms with E-state index in [4.69, 9.17) is 5.26 Å². The summed E-state index contributed by atoms with van der Waals surface area (Å²) in [6.07, 6.45) is 1.28. The molecular weight excluding hydrogens is 322 g/mol. The van der Waals surface area contributed by atoms with Gasteiger partial charge >= 0.3 is 0 Å². The molecule has 0 saturated carbocycles. The maximum absolute atomic E-state index is 12.0. The van der Waals surface area contributed by atoms with E-state index in [9.17, 15) is 13.5 Å². The number of nitrogens with one attached hydrogen (secondary N) is 2. The summed E-state index contributed by atoms with van der Waals surface area (Å²) in [6.45, 7) is 0. The van der Waals surface area contributed by atoms with E-state index in [0.29, 0.717) is 0 Å². The molecule has 0 aliphatic carbocycles. The van der Waals surface area contributed by atoms with E-state index in [1.807, 2.05) is 6.07 Å². The van der Waals surface area contributed by atoms with Crippen molar-refractivity contribution in [3.05, 3.63) is 30.2 Å². The van der Waals surface area contributed by atoms with Crippen molar-refractivity contribution in [1.82, 2.24) is 24.9 Å². The lowest BCUT2D eigenvalue weighted by molar-refractivity contribution is 0.474. The Bertz CT molecular complexity index is 867. The van der Waals surface area contributed by atoms with Crippen LogP contribution in [0.4, 0.5) is 5.69 Å². The normalized spacial score (nSPS) is 12.2. The maximum atomic E-state index is 12.0. The van der Waals surface area contributed by atoms with Gasteiger partial charge in [0.15, 0.2) is 0 Å². The van der Waals surface area contributed by atoms with Crippen molar-refractivity contribution in [3.8, 4) is 11.8 Å². The van der Waals surface area contributed by atoms with Gasteiger partial charge in [0.25, 0.3) is 0 Å². The third kappa shape index (κ3) is 3.44. The number of phenols is 1. The fourth-order valence-electron chi connectivity index (χ4n) is 1.58. The first-order valence-electron chi connectivity index (χ1n) is 6.22. The summed E-state index contributed by atoms with van der Waals surface area (Å²) in [5, 5.41) is 34.6. The molecule has 1 heterocycles. The van der Waals surface area contributed by atoms with Gasteiger partial charge in [0, 0.05) is 26.4 Å². The highest BCUT2D eigenvalue weighted by Gasteiger charge is 2.18. The second-order valence-corrected chi connectivity index (χ2v) is 6.67. The van der Waals surface area contributed by atoms with Crippen LogP contribution < -0.4 is 5.32 Å². The minimum absolute atomic E-state index is 0.0480. The van der Waals surface area contributed by atoms with Crippen molar-refractivity contribution in [3.63, 3.8) is 0 Å².